The number of aryl methyl sites for hydroxylation is 2. The zero-order valence-corrected chi connectivity index (χ0v) is 12.8. The molecule has 0 amide bonds. The average Bonchev–Trinajstić information content (AvgIpc) is 2.37. The summed E-state index contributed by atoms with van der Waals surface area (Å²) in [6, 6.07) is 2.72. The number of rotatable bonds is 3. The topological polar surface area (TPSA) is 32.3 Å². The molecule has 1 aromatic heterocycles. The highest BCUT2D eigenvalue weighted by Crippen LogP contribution is 2.24. The van der Waals surface area contributed by atoms with E-state index in [1.54, 1.807) is 0 Å². The van der Waals surface area contributed by atoms with Crippen LogP contribution in [0.3, 0.4) is 0 Å². The lowest BCUT2D eigenvalue weighted by molar-refractivity contribution is 0.193. The number of hydrogen-bond acceptors (Lipinski definition) is 4. The molecular weight excluding hydrogens is 236 g/mol. The number of nitrogens with zero attached hydrogens (tertiary/aromatic N) is 4. The summed E-state index contributed by atoms with van der Waals surface area (Å²) in [7, 11) is 4.38. The minimum atomic E-state index is 0.579. The van der Waals surface area contributed by atoms with Gasteiger partial charge in [-0.05, 0) is 39.3 Å². The van der Waals surface area contributed by atoms with Crippen LogP contribution in [0.25, 0.3) is 0 Å². The zero-order valence-electron chi connectivity index (χ0n) is 12.8. The van der Waals surface area contributed by atoms with E-state index >= 15 is 0 Å². The normalized spacial score (nSPS) is 24.5. The van der Waals surface area contributed by atoms with Gasteiger partial charge in [0.25, 0.3) is 0 Å². The lowest BCUT2D eigenvalue weighted by Crippen LogP contribution is -2.48. The van der Waals surface area contributed by atoms with Crippen LogP contribution in [0, 0.1) is 12.8 Å². The summed E-state index contributed by atoms with van der Waals surface area (Å²) in [4.78, 5) is 13.8. The molecule has 1 fully saturated rings. The third-order valence-electron chi connectivity index (χ3n) is 4.16. The second-order valence-electron chi connectivity index (χ2n) is 5.82. The average molecular weight is 262 g/mol. The van der Waals surface area contributed by atoms with Crippen molar-refractivity contribution in [1.29, 1.82) is 0 Å². The first-order valence-electron chi connectivity index (χ1n) is 7.27. The Morgan fingerprint density at radius 1 is 1.42 bits per heavy atom. The SMILES string of the molecule is CCc1cc(N(C)C2CCN(C)CC2C)nc(C)n1. The maximum absolute atomic E-state index is 4.61. The van der Waals surface area contributed by atoms with E-state index in [9.17, 15) is 0 Å². The Balaban J connectivity index is 2.19. The minimum absolute atomic E-state index is 0.579. The number of piperidine rings is 1. The van der Waals surface area contributed by atoms with Gasteiger partial charge < -0.3 is 9.80 Å². The molecule has 0 N–H and O–H groups in total. The summed E-state index contributed by atoms with van der Waals surface area (Å²) >= 11 is 0. The molecule has 1 saturated heterocycles. The Morgan fingerprint density at radius 2 is 2.16 bits per heavy atom. The molecule has 4 heteroatoms. The third kappa shape index (κ3) is 3.24. The molecule has 0 aromatic carbocycles. The first-order chi connectivity index (χ1) is 9.01. The summed E-state index contributed by atoms with van der Waals surface area (Å²) in [5.41, 5.74) is 1.13. The van der Waals surface area contributed by atoms with Crippen molar-refractivity contribution >= 4 is 5.82 Å². The third-order valence-corrected chi connectivity index (χ3v) is 4.16. The van der Waals surface area contributed by atoms with E-state index < -0.39 is 0 Å². The van der Waals surface area contributed by atoms with Gasteiger partial charge in [-0.2, -0.15) is 0 Å². The van der Waals surface area contributed by atoms with E-state index in [1.807, 2.05) is 6.92 Å². The minimum Gasteiger partial charge on any atom is -0.356 e. The molecule has 1 aliphatic rings. The second-order valence-corrected chi connectivity index (χ2v) is 5.82. The van der Waals surface area contributed by atoms with Crippen LogP contribution < -0.4 is 4.90 Å². The predicted molar refractivity (Wildman–Crippen MR) is 79.6 cm³/mol. The van der Waals surface area contributed by atoms with Crippen LogP contribution in [-0.2, 0) is 6.42 Å². The molecule has 1 aromatic rings. The van der Waals surface area contributed by atoms with Gasteiger partial charge >= 0.3 is 0 Å². The Kier molecular flexibility index (Phi) is 4.40. The number of aromatic nitrogens is 2. The zero-order chi connectivity index (χ0) is 14.0. The van der Waals surface area contributed by atoms with Crippen molar-refractivity contribution < 1.29 is 0 Å². The van der Waals surface area contributed by atoms with Crippen molar-refractivity contribution in [1.82, 2.24) is 14.9 Å². The van der Waals surface area contributed by atoms with Crippen molar-refractivity contribution in [3.8, 4) is 0 Å². The molecule has 2 heterocycles. The molecule has 106 valence electrons. The quantitative estimate of drug-likeness (QED) is 0.835. The van der Waals surface area contributed by atoms with Gasteiger partial charge in [-0.15, -0.1) is 0 Å². The van der Waals surface area contributed by atoms with Crippen molar-refractivity contribution in [2.24, 2.45) is 5.92 Å². The Labute approximate surface area is 116 Å². The van der Waals surface area contributed by atoms with Crippen LogP contribution in [0.4, 0.5) is 5.82 Å². The van der Waals surface area contributed by atoms with E-state index in [4.69, 9.17) is 0 Å². The number of anilines is 1. The van der Waals surface area contributed by atoms with Gasteiger partial charge in [-0.25, -0.2) is 9.97 Å². The molecule has 4 nitrogen and oxygen atoms in total. The lowest BCUT2D eigenvalue weighted by atomic mass is 9.93. The first-order valence-corrected chi connectivity index (χ1v) is 7.27. The highest BCUT2D eigenvalue weighted by Gasteiger charge is 2.28. The van der Waals surface area contributed by atoms with Gasteiger partial charge in [0.05, 0.1) is 0 Å². The largest absolute Gasteiger partial charge is 0.356 e. The molecule has 0 bridgehead atoms. The summed E-state index contributed by atoms with van der Waals surface area (Å²) in [5.74, 6) is 2.62. The molecule has 1 aliphatic heterocycles. The van der Waals surface area contributed by atoms with Gasteiger partial charge in [0.2, 0.25) is 0 Å². The van der Waals surface area contributed by atoms with Crippen LogP contribution >= 0.6 is 0 Å². The van der Waals surface area contributed by atoms with E-state index in [-0.39, 0.29) is 0 Å². The van der Waals surface area contributed by atoms with E-state index in [0.717, 1.165) is 23.8 Å². The van der Waals surface area contributed by atoms with Gasteiger partial charge in [0.1, 0.15) is 11.6 Å². The Bertz CT molecular complexity index is 432. The standard InChI is InChI=1S/C15H26N4/c1-6-13-9-15(17-12(3)16-13)19(5)14-7-8-18(4)10-11(14)2/h9,11,14H,6-8,10H2,1-5H3. The lowest BCUT2D eigenvalue weighted by Gasteiger charge is -2.40. The van der Waals surface area contributed by atoms with Crippen LogP contribution in [0.15, 0.2) is 6.07 Å². The Morgan fingerprint density at radius 3 is 2.79 bits per heavy atom. The van der Waals surface area contributed by atoms with Crippen LogP contribution in [0.2, 0.25) is 0 Å². The van der Waals surface area contributed by atoms with Crippen molar-refractivity contribution in [2.45, 2.75) is 39.7 Å². The summed E-state index contributed by atoms with van der Waals surface area (Å²) < 4.78 is 0. The number of hydrogen-bond donors (Lipinski definition) is 0. The van der Waals surface area contributed by atoms with Gasteiger partial charge in [-0.1, -0.05) is 13.8 Å². The predicted octanol–water partition coefficient (Wildman–Crippen LogP) is 2.12. The highest BCUT2D eigenvalue weighted by atomic mass is 15.2. The van der Waals surface area contributed by atoms with Gasteiger partial charge in [0, 0.05) is 31.4 Å². The van der Waals surface area contributed by atoms with Crippen LogP contribution in [0.5, 0.6) is 0 Å². The first kappa shape index (κ1) is 14.3. The molecule has 0 aliphatic carbocycles. The summed E-state index contributed by atoms with van der Waals surface area (Å²) in [6.07, 6.45) is 2.17. The smallest absolute Gasteiger partial charge is 0.132 e. The molecule has 2 rings (SSSR count). The molecule has 0 spiro atoms. The van der Waals surface area contributed by atoms with E-state index in [0.29, 0.717) is 12.0 Å². The van der Waals surface area contributed by atoms with Crippen molar-refractivity contribution in [3.63, 3.8) is 0 Å². The fraction of sp³-hybridized carbons (Fsp3) is 0.733. The Hall–Kier alpha value is -1.16. The maximum Gasteiger partial charge on any atom is 0.132 e. The van der Waals surface area contributed by atoms with Crippen molar-refractivity contribution in [2.75, 3.05) is 32.1 Å². The summed E-state index contributed by atoms with van der Waals surface area (Å²) in [5, 5.41) is 0. The molecule has 0 radical (unpaired) electrons. The van der Waals surface area contributed by atoms with Crippen LogP contribution in [-0.4, -0.2) is 48.1 Å². The number of likely N-dealkylation sites (tertiary alicyclic amines) is 1. The fourth-order valence-corrected chi connectivity index (χ4v) is 3.06. The van der Waals surface area contributed by atoms with E-state index in [1.165, 1.54) is 19.5 Å². The highest BCUT2D eigenvalue weighted by molar-refractivity contribution is 5.40. The maximum atomic E-state index is 4.61. The fourth-order valence-electron chi connectivity index (χ4n) is 3.06. The van der Waals surface area contributed by atoms with Crippen LogP contribution in [0.1, 0.15) is 31.8 Å². The monoisotopic (exact) mass is 262 g/mol. The molecule has 2 unspecified atom stereocenters. The van der Waals surface area contributed by atoms with E-state index in [2.05, 4.69) is 53.8 Å². The molecular formula is C15H26N4. The molecule has 2 atom stereocenters. The van der Waals surface area contributed by atoms with Crippen molar-refractivity contribution in [3.05, 3.63) is 17.6 Å². The van der Waals surface area contributed by atoms with Gasteiger partial charge in [0.15, 0.2) is 0 Å². The molecule has 0 saturated carbocycles. The molecule has 19 heavy (non-hydrogen) atoms. The second kappa shape index (κ2) is 5.87. The summed E-state index contributed by atoms with van der Waals surface area (Å²) in [6.45, 7) is 8.80. The van der Waals surface area contributed by atoms with Gasteiger partial charge in [-0.3, -0.25) is 0 Å².